The van der Waals surface area contributed by atoms with Crippen LogP contribution in [-0.4, -0.2) is 33.0 Å². The van der Waals surface area contributed by atoms with Crippen molar-refractivity contribution in [3.63, 3.8) is 0 Å². The topological polar surface area (TPSA) is 48.1 Å². The Morgan fingerprint density at radius 2 is 1.22 bits per heavy atom. The van der Waals surface area contributed by atoms with Crippen LogP contribution in [0, 0.1) is 12.1 Å². The molecular weight excluding hydrogens is 977 g/mol. The number of benzene rings is 7. The van der Waals surface area contributed by atoms with E-state index in [0.717, 1.165) is 78.2 Å². The summed E-state index contributed by atoms with van der Waals surface area (Å²) >= 11 is 0. The Hall–Kier alpha value is -6.95. The van der Waals surface area contributed by atoms with Crippen molar-refractivity contribution in [1.29, 1.82) is 0 Å². The maximum Gasteiger partial charge on any atom is 2.00 e. The number of hydrogen-bond acceptors (Lipinski definition) is 4. The van der Waals surface area contributed by atoms with Gasteiger partial charge in [-0.3, -0.25) is 4.98 Å². The van der Waals surface area contributed by atoms with Gasteiger partial charge in [-0.25, -0.2) is 4.98 Å². The van der Waals surface area contributed by atoms with Crippen LogP contribution in [-0.2, 0) is 21.1 Å². The van der Waals surface area contributed by atoms with Gasteiger partial charge in [0.2, 0.25) is 0 Å². The van der Waals surface area contributed by atoms with Gasteiger partial charge in [-0.1, -0.05) is 178 Å². The number of para-hydroxylation sites is 1. The molecule has 3 aromatic heterocycles. The second kappa shape index (κ2) is 17.2. The van der Waals surface area contributed by atoms with Crippen LogP contribution >= 0.6 is 0 Å². The molecule has 6 nitrogen and oxygen atoms in total. The van der Waals surface area contributed by atoms with Crippen molar-refractivity contribution < 1.29 is 25.8 Å². The molecule has 0 radical (unpaired) electrons. The summed E-state index contributed by atoms with van der Waals surface area (Å²) in [5, 5.41) is 2.22. The van der Waals surface area contributed by atoms with Crippen LogP contribution in [0.2, 0.25) is 0 Å². The van der Waals surface area contributed by atoms with Crippen molar-refractivity contribution in [3.8, 4) is 62.2 Å². The molecule has 318 valence electrons. The van der Waals surface area contributed by atoms with Crippen LogP contribution < -0.4 is 15.0 Å². The number of ether oxygens (including phenoxy) is 1. The summed E-state index contributed by atoms with van der Waals surface area (Å²) in [6.45, 7) is 9.01. The molecule has 65 heavy (non-hydrogen) atoms. The summed E-state index contributed by atoms with van der Waals surface area (Å²) in [5.74, 6) is 3.45. The van der Waals surface area contributed by atoms with Crippen LogP contribution in [0.3, 0.4) is 0 Å². The summed E-state index contributed by atoms with van der Waals surface area (Å²) in [7, 11) is 2.20. The van der Waals surface area contributed by atoms with Crippen LogP contribution in [0.5, 0.6) is 11.5 Å². The van der Waals surface area contributed by atoms with E-state index in [1.807, 2.05) is 36.5 Å². The number of fused-ring (bicyclic) bond motifs is 6. The zero-order valence-corrected chi connectivity index (χ0v) is 39.2. The third-order valence-electron chi connectivity index (χ3n) is 12.7. The molecule has 0 bridgehead atoms. The van der Waals surface area contributed by atoms with Crippen LogP contribution in [0.1, 0.15) is 50.7 Å². The Kier molecular flexibility index (Phi) is 11.1. The molecule has 0 aliphatic carbocycles. The predicted molar refractivity (Wildman–Crippen MR) is 264 cm³/mol. The van der Waals surface area contributed by atoms with E-state index in [9.17, 15) is 0 Å². The molecule has 0 spiro atoms. The summed E-state index contributed by atoms with van der Waals surface area (Å²) < 4.78 is 11.3. The molecule has 0 saturated heterocycles. The molecule has 7 aromatic carbocycles. The maximum atomic E-state index is 6.75. The van der Waals surface area contributed by atoms with Gasteiger partial charge in [-0.15, -0.1) is 23.6 Å². The monoisotopic (exact) mass is 1020 g/mol. The van der Waals surface area contributed by atoms with Crippen LogP contribution in [0.15, 0.2) is 176 Å². The van der Waals surface area contributed by atoms with Gasteiger partial charge in [0, 0.05) is 40.8 Å². The second-order valence-electron chi connectivity index (χ2n) is 17.3. The third-order valence-corrected chi connectivity index (χ3v) is 12.7. The summed E-state index contributed by atoms with van der Waals surface area (Å²) in [5.41, 5.74) is 14.4. The molecule has 0 N–H and O–H groups in total. The van der Waals surface area contributed by atoms with E-state index >= 15 is 0 Å². The summed E-state index contributed by atoms with van der Waals surface area (Å²) in [4.78, 5) is 12.8. The van der Waals surface area contributed by atoms with Gasteiger partial charge in [-0.05, 0) is 81.3 Å². The second-order valence-corrected chi connectivity index (χ2v) is 17.3. The zero-order chi connectivity index (χ0) is 43.5. The molecule has 0 saturated carbocycles. The molecule has 0 amide bonds. The molecule has 11 rings (SSSR count). The molecule has 10 aromatic rings. The molecular formula is C57H46BN5OPt. The Bertz CT molecular complexity index is 3260. The average molecular weight is 1020 g/mol. The van der Waals surface area contributed by atoms with Gasteiger partial charge in [-0.2, -0.15) is 6.07 Å². The van der Waals surface area contributed by atoms with Gasteiger partial charge in [0.1, 0.15) is 5.82 Å². The minimum Gasteiger partial charge on any atom is -0.503 e. The predicted octanol–water partition coefficient (Wildman–Crippen LogP) is 13.4. The number of nitrogens with zero attached hydrogens (tertiary/aromatic N) is 5. The number of rotatable bonds is 9. The van der Waals surface area contributed by atoms with E-state index in [0.29, 0.717) is 23.3 Å². The fourth-order valence-corrected chi connectivity index (χ4v) is 9.76. The van der Waals surface area contributed by atoms with Gasteiger partial charge >= 0.3 is 28.0 Å². The first kappa shape index (κ1) is 42.0. The van der Waals surface area contributed by atoms with Crippen molar-refractivity contribution in [2.75, 3.05) is 11.9 Å². The molecule has 4 heterocycles. The number of anilines is 1. The standard InChI is InChI=1S/C57H46BN5O.Pt/c1-37(2)43-23-16-24-44(38(3)4)56(43)58-61(5)51-32-30-41(64-42-29-31-48-47-22-12-13-27-52(47)63(53(48)35-42)54-28-14-15-33-59-54)34-49(51)57-60-50(36-62(57)58)55-45(39-18-8-6-9-19-39)25-17-26-46(55)40-20-10-7-11-21-40;/h6-33,36-38H,1-5H3;/q-2;+2. The first-order chi connectivity index (χ1) is 31.3. The van der Waals surface area contributed by atoms with Crippen molar-refractivity contribution >= 4 is 39.9 Å². The van der Waals surface area contributed by atoms with Crippen molar-refractivity contribution in [1.82, 2.24) is 19.0 Å². The molecule has 0 fully saturated rings. The molecule has 1 aliphatic heterocycles. The normalized spacial score (nSPS) is 12.2. The van der Waals surface area contributed by atoms with Crippen LogP contribution in [0.4, 0.5) is 5.69 Å². The fraction of sp³-hybridized carbons (Fsp3) is 0.123. The quantitative estimate of drug-likeness (QED) is 0.107. The first-order valence-corrected chi connectivity index (χ1v) is 22.1. The van der Waals surface area contributed by atoms with Crippen molar-refractivity contribution in [2.24, 2.45) is 0 Å². The third kappa shape index (κ3) is 7.29. The maximum absolute atomic E-state index is 6.75. The molecule has 0 unspecified atom stereocenters. The van der Waals surface area contributed by atoms with E-state index < -0.39 is 0 Å². The van der Waals surface area contributed by atoms with E-state index in [1.165, 1.54) is 16.6 Å². The molecule has 8 heteroatoms. The Morgan fingerprint density at radius 3 is 1.88 bits per heavy atom. The van der Waals surface area contributed by atoms with Gasteiger partial charge in [0.05, 0.1) is 5.69 Å². The fourth-order valence-electron chi connectivity index (χ4n) is 9.76. The number of hydrogen-bond donors (Lipinski definition) is 0. The Morgan fingerprint density at radius 1 is 0.600 bits per heavy atom. The number of imidazole rings is 1. The molecule has 1 aliphatic rings. The minimum absolute atomic E-state index is 0. The van der Waals surface area contributed by atoms with E-state index in [2.05, 4.69) is 200 Å². The number of aromatic nitrogens is 4. The van der Waals surface area contributed by atoms with E-state index in [4.69, 9.17) is 14.7 Å². The van der Waals surface area contributed by atoms with Gasteiger partial charge < -0.3 is 18.6 Å². The van der Waals surface area contributed by atoms with Crippen molar-refractivity contribution in [3.05, 3.63) is 199 Å². The largest absolute Gasteiger partial charge is 2.00 e. The minimum atomic E-state index is -0.173. The Labute approximate surface area is 395 Å². The molecule has 0 atom stereocenters. The average Bonchev–Trinajstić information content (AvgIpc) is 3.92. The van der Waals surface area contributed by atoms with Crippen LogP contribution in [0.25, 0.3) is 72.5 Å². The summed E-state index contributed by atoms with van der Waals surface area (Å²) in [6, 6.07) is 64.7. The Balaban J connectivity index is 0.00000498. The smallest absolute Gasteiger partial charge is 0.503 e. The SMILES string of the molecule is CC(C)c1cccc(C(C)C)c1B1N(C)c2ccc(Oc3[c-]c4c(cc3)c3ccccc3n4-c3ccccn3)[c-]c2-c2nc(-c3c(-c4ccccc4)cccc3-c3ccccc3)cn21.[Pt+2]. The van der Waals surface area contributed by atoms with Crippen molar-refractivity contribution in [2.45, 2.75) is 39.5 Å². The first-order valence-electron chi connectivity index (χ1n) is 22.1. The van der Waals surface area contributed by atoms with Gasteiger partial charge in [0.25, 0.3) is 0 Å². The van der Waals surface area contributed by atoms with E-state index in [1.54, 1.807) is 0 Å². The zero-order valence-electron chi connectivity index (χ0n) is 36.9. The van der Waals surface area contributed by atoms with E-state index in [-0.39, 0.29) is 28.0 Å². The number of pyridine rings is 1. The summed E-state index contributed by atoms with van der Waals surface area (Å²) in [6.07, 6.45) is 4.09. The van der Waals surface area contributed by atoms with Gasteiger partial charge in [0.15, 0.2) is 0 Å².